The molecule has 1 N–H and O–H groups in total. The molecule has 2 fully saturated rings. The molecule has 1 spiro atoms. The fraction of sp³-hybridized carbons (Fsp3) is 0.588. The van der Waals surface area contributed by atoms with Crippen molar-refractivity contribution in [3.8, 4) is 0 Å². The van der Waals surface area contributed by atoms with Crippen molar-refractivity contribution in [2.75, 3.05) is 0 Å². The van der Waals surface area contributed by atoms with Gasteiger partial charge < -0.3 is 4.90 Å². The first-order valence-electron chi connectivity index (χ1n) is 7.94. The van der Waals surface area contributed by atoms with Crippen LogP contribution in [0.5, 0.6) is 0 Å². The van der Waals surface area contributed by atoms with Gasteiger partial charge in [-0.2, -0.15) is 0 Å². The van der Waals surface area contributed by atoms with Gasteiger partial charge in [0.2, 0.25) is 5.91 Å². The molecule has 2 atom stereocenters. The zero-order chi connectivity index (χ0) is 15.0. The minimum Gasteiger partial charge on any atom is -0.318 e. The number of nitrogens with zero attached hydrogens (tertiary/aromatic N) is 1. The number of benzene rings is 1. The molecule has 21 heavy (non-hydrogen) atoms. The van der Waals surface area contributed by atoms with Crippen molar-refractivity contribution < 1.29 is 9.18 Å². The molecule has 3 nitrogen and oxygen atoms in total. The van der Waals surface area contributed by atoms with Gasteiger partial charge in [0, 0.05) is 11.6 Å². The SMILES string of the molecule is CCC(C)N1C(=O)C2(CCCC2)NC1c1ccccc1F. The van der Waals surface area contributed by atoms with Crippen LogP contribution in [-0.2, 0) is 4.79 Å². The summed E-state index contributed by atoms with van der Waals surface area (Å²) >= 11 is 0. The van der Waals surface area contributed by atoms with Gasteiger partial charge in [-0.1, -0.05) is 38.0 Å². The van der Waals surface area contributed by atoms with Crippen molar-refractivity contribution in [1.82, 2.24) is 10.2 Å². The first-order valence-corrected chi connectivity index (χ1v) is 7.94. The van der Waals surface area contributed by atoms with Crippen LogP contribution >= 0.6 is 0 Å². The van der Waals surface area contributed by atoms with Crippen molar-refractivity contribution in [2.24, 2.45) is 0 Å². The Morgan fingerprint density at radius 2 is 2.05 bits per heavy atom. The molecule has 1 aliphatic heterocycles. The number of nitrogens with one attached hydrogen (secondary N) is 1. The van der Waals surface area contributed by atoms with Crippen LogP contribution in [0.1, 0.15) is 57.7 Å². The zero-order valence-corrected chi connectivity index (χ0v) is 12.7. The Morgan fingerprint density at radius 1 is 1.38 bits per heavy atom. The van der Waals surface area contributed by atoms with E-state index in [-0.39, 0.29) is 23.9 Å². The molecule has 1 aliphatic carbocycles. The van der Waals surface area contributed by atoms with E-state index in [2.05, 4.69) is 12.2 Å². The third-order valence-electron chi connectivity index (χ3n) is 5.06. The Balaban J connectivity index is 2.01. The second-order valence-corrected chi connectivity index (χ2v) is 6.33. The molecular formula is C17H23FN2O. The summed E-state index contributed by atoms with van der Waals surface area (Å²) in [7, 11) is 0. The van der Waals surface area contributed by atoms with Gasteiger partial charge >= 0.3 is 0 Å². The van der Waals surface area contributed by atoms with E-state index in [1.165, 1.54) is 6.07 Å². The first kappa shape index (κ1) is 14.5. The largest absolute Gasteiger partial charge is 0.318 e. The molecule has 1 saturated carbocycles. The lowest BCUT2D eigenvalue weighted by molar-refractivity contribution is -0.135. The van der Waals surface area contributed by atoms with Crippen LogP contribution in [0.25, 0.3) is 0 Å². The molecule has 2 unspecified atom stereocenters. The molecule has 1 aromatic rings. The topological polar surface area (TPSA) is 32.3 Å². The van der Waals surface area contributed by atoms with E-state index in [4.69, 9.17) is 0 Å². The zero-order valence-electron chi connectivity index (χ0n) is 12.7. The minimum absolute atomic E-state index is 0.106. The maximum Gasteiger partial charge on any atom is 0.244 e. The van der Waals surface area contributed by atoms with Gasteiger partial charge in [0.05, 0.1) is 5.54 Å². The van der Waals surface area contributed by atoms with Crippen LogP contribution in [0.2, 0.25) is 0 Å². The number of halogens is 1. The summed E-state index contributed by atoms with van der Waals surface area (Å²) in [6.07, 6.45) is 4.39. The molecule has 114 valence electrons. The molecule has 0 aromatic heterocycles. The van der Waals surface area contributed by atoms with Crippen molar-refractivity contribution in [3.63, 3.8) is 0 Å². The third kappa shape index (κ3) is 2.26. The van der Waals surface area contributed by atoms with Gasteiger partial charge in [-0.05, 0) is 32.3 Å². The Bertz CT molecular complexity index is 539. The number of rotatable bonds is 3. The lowest BCUT2D eigenvalue weighted by Crippen LogP contribution is -2.45. The van der Waals surface area contributed by atoms with Crippen molar-refractivity contribution >= 4 is 5.91 Å². The molecule has 0 radical (unpaired) electrons. The fourth-order valence-corrected chi connectivity index (χ4v) is 3.67. The van der Waals surface area contributed by atoms with Crippen LogP contribution in [0, 0.1) is 5.82 Å². The highest BCUT2D eigenvalue weighted by molar-refractivity contribution is 5.89. The van der Waals surface area contributed by atoms with Crippen LogP contribution in [-0.4, -0.2) is 22.4 Å². The molecular weight excluding hydrogens is 267 g/mol. The van der Waals surface area contributed by atoms with Crippen molar-refractivity contribution in [1.29, 1.82) is 0 Å². The predicted molar refractivity (Wildman–Crippen MR) is 80.1 cm³/mol. The molecule has 1 aromatic carbocycles. The Hall–Kier alpha value is -1.42. The monoisotopic (exact) mass is 290 g/mol. The number of hydrogen-bond donors (Lipinski definition) is 1. The van der Waals surface area contributed by atoms with E-state index in [1.54, 1.807) is 12.1 Å². The van der Waals surface area contributed by atoms with Gasteiger partial charge in [0.1, 0.15) is 12.0 Å². The summed E-state index contributed by atoms with van der Waals surface area (Å²) in [6, 6.07) is 6.88. The summed E-state index contributed by atoms with van der Waals surface area (Å²) in [5, 5.41) is 3.47. The van der Waals surface area contributed by atoms with E-state index < -0.39 is 5.54 Å². The number of carbonyl (C=O) groups is 1. The second kappa shape index (κ2) is 5.41. The van der Waals surface area contributed by atoms with E-state index in [9.17, 15) is 9.18 Å². The molecule has 1 amide bonds. The summed E-state index contributed by atoms with van der Waals surface area (Å²) < 4.78 is 14.2. The standard InChI is InChI=1S/C17H23FN2O/c1-3-12(2)20-15(13-8-4-5-9-14(13)18)19-17(16(20)21)10-6-7-11-17/h4-5,8-9,12,15,19H,3,6-7,10-11H2,1-2H3. The molecule has 1 saturated heterocycles. The normalized spacial score (nSPS) is 25.8. The summed E-state index contributed by atoms with van der Waals surface area (Å²) in [4.78, 5) is 14.8. The van der Waals surface area contributed by atoms with E-state index in [1.807, 2.05) is 17.9 Å². The maximum atomic E-state index is 14.2. The van der Waals surface area contributed by atoms with Crippen molar-refractivity contribution in [3.05, 3.63) is 35.6 Å². The van der Waals surface area contributed by atoms with Crippen LogP contribution in [0.15, 0.2) is 24.3 Å². The molecule has 3 rings (SSSR count). The summed E-state index contributed by atoms with van der Waals surface area (Å²) in [5.74, 6) is -0.0891. The van der Waals surface area contributed by atoms with Gasteiger partial charge in [-0.15, -0.1) is 0 Å². The Labute approximate surface area is 125 Å². The first-order chi connectivity index (χ1) is 10.1. The molecule has 4 heteroatoms. The maximum absolute atomic E-state index is 14.2. The second-order valence-electron chi connectivity index (χ2n) is 6.33. The Morgan fingerprint density at radius 3 is 2.67 bits per heavy atom. The summed E-state index contributed by atoms with van der Waals surface area (Å²) in [6.45, 7) is 4.11. The molecule has 2 aliphatic rings. The highest BCUT2D eigenvalue weighted by atomic mass is 19.1. The van der Waals surface area contributed by atoms with Crippen LogP contribution in [0.4, 0.5) is 4.39 Å². The van der Waals surface area contributed by atoms with E-state index in [0.717, 1.165) is 32.1 Å². The third-order valence-corrected chi connectivity index (χ3v) is 5.06. The quantitative estimate of drug-likeness (QED) is 0.925. The Kier molecular flexibility index (Phi) is 3.74. The molecule has 1 heterocycles. The highest BCUT2D eigenvalue weighted by Gasteiger charge is 2.53. The number of hydrogen-bond acceptors (Lipinski definition) is 2. The number of carbonyl (C=O) groups excluding carboxylic acids is 1. The van der Waals surface area contributed by atoms with E-state index >= 15 is 0 Å². The summed E-state index contributed by atoms with van der Waals surface area (Å²) in [5.41, 5.74) is 0.117. The molecule has 0 bridgehead atoms. The highest BCUT2D eigenvalue weighted by Crippen LogP contribution is 2.42. The number of amides is 1. The predicted octanol–water partition coefficient (Wildman–Crippen LogP) is 3.37. The lowest BCUT2D eigenvalue weighted by atomic mass is 9.97. The van der Waals surface area contributed by atoms with Crippen molar-refractivity contribution in [2.45, 2.75) is 63.7 Å². The lowest BCUT2D eigenvalue weighted by Gasteiger charge is -2.30. The van der Waals surface area contributed by atoms with Gasteiger partial charge in [-0.25, -0.2) is 4.39 Å². The van der Waals surface area contributed by atoms with Gasteiger partial charge in [0.25, 0.3) is 0 Å². The average Bonchev–Trinajstić information content (AvgIpc) is 3.06. The van der Waals surface area contributed by atoms with Gasteiger partial charge in [-0.3, -0.25) is 10.1 Å². The van der Waals surface area contributed by atoms with E-state index in [0.29, 0.717) is 5.56 Å². The smallest absolute Gasteiger partial charge is 0.244 e. The van der Waals surface area contributed by atoms with Crippen LogP contribution < -0.4 is 5.32 Å². The van der Waals surface area contributed by atoms with Gasteiger partial charge in [0.15, 0.2) is 0 Å². The average molecular weight is 290 g/mol. The minimum atomic E-state index is -0.462. The van der Waals surface area contributed by atoms with Crippen LogP contribution in [0.3, 0.4) is 0 Å². The fourth-order valence-electron chi connectivity index (χ4n) is 3.67.